The van der Waals surface area contributed by atoms with Gasteiger partial charge in [0.15, 0.2) is 5.58 Å². The summed E-state index contributed by atoms with van der Waals surface area (Å²) in [5.74, 6) is 0. The third-order valence-corrected chi connectivity index (χ3v) is 12.2. The predicted octanol–water partition coefficient (Wildman–Crippen LogP) is 14.5. The molecule has 4 heterocycles. The van der Waals surface area contributed by atoms with Crippen LogP contribution in [0.5, 0.6) is 0 Å². The highest BCUT2D eigenvalue weighted by Crippen LogP contribution is 2.43. The van der Waals surface area contributed by atoms with Crippen LogP contribution in [0.4, 0.5) is 0 Å². The summed E-state index contributed by atoms with van der Waals surface area (Å²) in [6.07, 6.45) is 0. The van der Waals surface area contributed by atoms with Gasteiger partial charge in [-0.2, -0.15) is 0 Å². The van der Waals surface area contributed by atoms with E-state index in [4.69, 9.17) is 4.42 Å². The van der Waals surface area contributed by atoms with Crippen LogP contribution >= 0.6 is 0 Å². The lowest BCUT2D eigenvalue weighted by molar-refractivity contribution is 0.666. The normalized spacial score (nSPS) is 12.1. The number of hydrogen-bond donors (Lipinski definition) is 0. The molecule has 0 aliphatic heterocycles. The maximum absolute atomic E-state index is 6.99. The van der Waals surface area contributed by atoms with Crippen LogP contribution in [-0.2, 0) is 0 Å². The summed E-state index contributed by atoms with van der Waals surface area (Å²) in [6.45, 7) is 0. The predicted molar refractivity (Wildman–Crippen MR) is 242 cm³/mol. The highest BCUT2D eigenvalue weighted by atomic mass is 16.3. The Balaban J connectivity index is 1.10. The molecule has 4 nitrogen and oxygen atoms in total. The minimum absolute atomic E-state index is 0.863. The monoisotopic (exact) mass is 739 g/mol. The van der Waals surface area contributed by atoms with E-state index in [9.17, 15) is 0 Å². The van der Waals surface area contributed by atoms with Gasteiger partial charge in [0.2, 0.25) is 0 Å². The van der Waals surface area contributed by atoms with Crippen molar-refractivity contribution < 1.29 is 4.42 Å². The zero-order chi connectivity index (χ0) is 37.9. The van der Waals surface area contributed by atoms with Crippen LogP contribution < -0.4 is 0 Å². The van der Waals surface area contributed by atoms with Gasteiger partial charge in [0, 0.05) is 54.5 Å². The Kier molecular flexibility index (Phi) is 6.41. The van der Waals surface area contributed by atoms with E-state index < -0.39 is 0 Å². The summed E-state index contributed by atoms with van der Waals surface area (Å²) < 4.78 is 14.2. The fraction of sp³-hybridized carbons (Fsp3) is 0. The first-order valence-electron chi connectivity index (χ1n) is 19.8. The van der Waals surface area contributed by atoms with Crippen molar-refractivity contribution in [2.24, 2.45) is 0 Å². The second kappa shape index (κ2) is 11.8. The van der Waals surface area contributed by atoms with Gasteiger partial charge in [-0.1, -0.05) is 121 Å². The molecule has 0 unspecified atom stereocenters. The highest BCUT2D eigenvalue weighted by Gasteiger charge is 2.22. The molecule has 0 saturated heterocycles. The van der Waals surface area contributed by atoms with Crippen LogP contribution in [0.15, 0.2) is 205 Å². The number of hydrogen-bond acceptors (Lipinski definition) is 1. The zero-order valence-electron chi connectivity index (χ0n) is 31.3. The molecular weight excluding hydrogens is 707 g/mol. The Morgan fingerprint density at radius 3 is 1.28 bits per heavy atom. The number of para-hydroxylation sites is 6. The molecule has 0 aliphatic rings. The number of aromatic nitrogens is 3. The molecule has 9 aromatic carbocycles. The van der Waals surface area contributed by atoms with Gasteiger partial charge < -0.3 is 18.1 Å². The van der Waals surface area contributed by atoms with E-state index in [0.29, 0.717) is 0 Å². The molecule has 270 valence electrons. The third-order valence-electron chi connectivity index (χ3n) is 12.2. The molecule has 0 radical (unpaired) electrons. The van der Waals surface area contributed by atoms with E-state index >= 15 is 0 Å². The average molecular weight is 740 g/mol. The van der Waals surface area contributed by atoms with E-state index in [1.165, 1.54) is 59.9 Å². The maximum atomic E-state index is 6.99. The summed E-state index contributed by atoms with van der Waals surface area (Å²) in [7, 11) is 0. The molecule has 0 atom stereocenters. The van der Waals surface area contributed by atoms with Crippen molar-refractivity contribution in [3.05, 3.63) is 200 Å². The standard InChI is InChI=1S/C54H33N3O/c1-2-14-36(15-3-1)55-48-23-11-8-20-42(48)43-30-34(26-28-51(43)55)35-27-29-53-44(31-35)45-32-37(56-46-21-9-4-16-38(46)39-17-5-10-22-47(39)56)33-52(54(45)58-53)57-49-24-12-6-18-40(49)41-19-7-13-25-50(41)57/h1-33H. The lowest BCUT2D eigenvalue weighted by Gasteiger charge is -2.14. The molecule has 0 fully saturated rings. The van der Waals surface area contributed by atoms with Crippen molar-refractivity contribution in [3.8, 4) is 28.2 Å². The molecule has 0 bridgehead atoms. The van der Waals surface area contributed by atoms with Gasteiger partial charge in [0.25, 0.3) is 0 Å². The van der Waals surface area contributed by atoms with Gasteiger partial charge in [-0.05, 0) is 90.0 Å². The van der Waals surface area contributed by atoms with Crippen LogP contribution in [-0.4, -0.2) is 13.7 Å². The van der Waals surface area contributed by atoms with Gasteiger partial charge in [-0.25, -0.2) is 0 Å². The minimum atomic E-state index is 0.863. The summed E-state index contributed by atoms with van der Waals surface area (Å²) >= 11 is 0. The molecular formula is C54H33N3O. The Morgan fingerprint density at radius 2 is 0.707 bits per heavy atom. The largest absolute Gasteiger partial charge is 0.454 e. The molecule has 58 heavy (non-hydrogen) atoms. The highest BCUT2D eigenvalue weighted by molar-refractivity contribution is 6.16. The second-order valence-electron chi connectivity index (χ2n) is 15.3. The van der Waals surface area contributed by atoms with Gasteiger partial charge >= 0.3 is 0 Å². The van der Waals surface area contributed by atoms with Crippen molar-refractivity contribution >= 4 is 87.4 Å². The van der Waals surface area contributed by atoms with Crippen LogP contribution in [0, 0.1) is 0 Å². The van der Waals surface area contributed by atoms with Crippen LogP contribution in [0.25, 0.3) is 116 Å². The average Bonchev–Trinajstić information content (AvgIpc) is 4.02. The molecule has 0 saturated carbocycles. The summed E-state index contributed by atoms with van der Waals surface area (Å²) in [4.78, 5) is 0. The topological polar surface area (TPSA) is 27.9 Å². The summed E-state index contributed by atoms with van der Waals surface area (Å²) in [5.41, 5.74) is 14.3. The fourth-order valence-corrected chi connectivity index (χ4v) is 9.71. The van der Waals surface area contributed by atoms with Gasteiger partial charge in [-0.3, -0.25) is 0 Å². The van der Waals surface area contributed by atoms with E-state index in [1.54, 1.807) is 0 Å². The van der Waals surface area contributed by atoms with Gasteiger partial charge in [0.1, 0.15) is 5.58 Å². The lowest BCUT2D eigenvalue weighted by Crippen LogP contribution is -1.99. The number of rotatable bonds is 4. The van der Waals surface area contributed by atoms with Crippen LogP contribution in [0.1, 0.15) is 0 Å². The minimum Gasteiger partial charge on any atom is -0.454 e. The summed E-state index contributed by atoms with van der Waals surface area (Å²) in [5, 5.41) is 9.55. The zero-order valence-corrected chi connectivity index (χ0v) is 31.3. The summed E-state index contributed by atoms with van der Waals surface area (Å²) in [6, 6.07) is 72.4. The third kappa shape index (κ3) is 4.34. The quantitative estimate of drug-likeness (QED) is 0.177. The van der Waals surface area contributed by atoms with E-state index in [-0.39, 0.29) is 0 Å². The Morgan fingerprint density at radius 1 is 0.276 bits per heavy atom. The SMILES string of the molecule is c1ccc(-n2c3ccccc3c3cc(-c4ccc5oc6c(-n7c8ccccc8c8ccccc87)cc(-n7c8ccccc8c8ccccc87)cc6c5c4)ccc32)cc1. The van der Waals surface area contributed by atoms with Gasteiger partial charge in [0.05, 0.1) is 38.8 Å². The van der Waals surface area contributed by atoms with Crippen molar-refractivity contribution in [1.82, 2.24) is 13.7 Å². The number of benzene rings is 9. The Hall–Kier alpha value is -7.82. The molecule has 0 aliphatic carbocycles. The van der Waals surface area contributed by atoms with Crippen molar-refractivity contribution in [3.63, 3.8) is 0 Å². The first-order chi connectivity index (χ1) is 28.8. The number of fused-ring (bicyclic) bond motifs is 12. The van der Waals surface area contributed by atoms with E-state index in [2.05, 4.69) is 214 Å². The molecule has 4 aromatic heterocycles. The van der Waals surface area contributed by atoms with Crippen molar-refractivity contribution in [2.75, 3.05) is 0 Å². The van der Waals surface area contributed by atoms with E-state index in [0.717, 1.165) is 55.6 Å². The fourth-order valence-electron chi connectivity index (χ4n) is 9.71. The van der Waals surface area contributed by atoms with Crippen molar-refractivity contribution in [1.29, 1.82) is 0 Å². The molecule has 13 rings (SSSR count). The Labute approximate surface area is 332 Å². The van der Waals surface area contributed by atoms with Crippen LogP contribution in [0.3, 0.4) is 0 Å². The number of furan rings is 1. The van der Waals surface area contributed by atoms with Crippen LogP contribution in [0.2, 0.25) is 0 Å². The molecule has 0 amide bonds. The first kappa shape index (κ1) is 31.4. The van der Waals surface area contributed by atoms with Gasteiger partial charge in [-0.15, -0.1) is 0 Å². The molecule has 0 spiro atoms. The molecule has 4 heteroatoms. The molecule has 0 N–H and O–H groups in total. The number of nitrogens with zero attached hydrogens (tertiary/aromatic N) is 3. The Bertz CT molecular complexity index is 3690. The lowest BCUT2D eigenvalue weighted by atomic mass is 10.0. The smallest absolute Gasteiger partial charge is 0.159 e. The second-order valence-corrected chi connectivity index (χ2v) is 15.3. The van der Waals surface area contributed by atoms with Crippen molar-refractivity contribution in [2.45, 2.75) is 0 Å². The van der Waals surface area contributed by atoms with E-state index in [1.807, 2.05) is 0 Å². The maximum Gasteiger partial charge on any atom is 0.159 e. The first-order valence-corrected chi connectivity index (χ1v) is 19.8. The molecule has 13 aromatic rings.